The fourth-order valence-electron chi connectivity index (χ4n) is 2.77. The van der Waals surface area contributed by atoms with E-state index in [1.54, 1.807) is 29.0 Å². The van der Waals surface area contributed by atoms with E-state index in [-0.39, 0.29) is 30.6 Å². The molecule has 0 aliphatic carbocycles. The van der Waals surface area contributed by atoms with Gasteiger partial charge in [-0.1, -0.05) is 30.3 Å². The summed E-state index contributed by atoms with van der Waals surface area (Å²) in [4.78, 5) is 27.3. The third-order valence-corrected chi connectivity index (χ3v) is 4.08. The number of hydrogen-bond acceptors (Lipinski definition) is 3. The van der Waals surface area contributed by atoms with Crippen LogP contribution in [0, 0.1) is 0 Å². The maximum Gasteiger partial charge on any atom is 0.248 e. The molecule has 2 saturated heterocycles. The smallest absolute Gasteiger partial charge is 0.248 e. The Morgan fingerprint density at radius 2 is 2.05 bits per heavy atom. The number of ether oxygens (including phenoxy) is 1. The van der Waals surface area contributed by atoms with Crippen molar-refractivity contribution in [1.82, 2.24) is 9.80 Å². The molecule has 0 radical (unpaired) electrons. The van der Waals surface area contributed by atoms with E-state index in [1.165, 1.54) is 0 Å². The highest BCUT2D eigenvalue weighted by molar-refractivity contribution is 5.92. The van der Waals surface area contributed by atoms with Crippen LogP contribution in [0.1, 0.15) is 5.56 Å². The van der Waals surface area contributed by atoms with Gasteiger partial charge in [-0.25, -0.2) is 0 Å². The molecule has 110 valence electrons. The summed E-state index contributed by atoms with van der Waals surface area (Å²) in [5.41, 5.74) is 0.992. The van der Waals surface area contributed by atoms with Crippen molar-refractivity contribution in [2.45, 2.75) is 12.1 Å². The summed E-state index contributed by atoms with van der Waals surface area (Å²) in [5.74, 6) is -0.0666. The molecule has 2 heterocycles. The van der Waals surface area contributed by atoms with Crippen molar-refractivity contribution in [3.05, 3.63) is 42.0 Å². The van der Waals surface area contributed by atoms with Crippen molar-refractivity contribution in [3.63, 3.8) is 0 Å². The first kappa shape index (κ1) is 13.8. The minimum absolute atomic E-state index is 0.0228. The Hall–Kier alpha value is -2.14. The van der Waals surface area contributed by atoms with Crippen LogP contribution in [0.4, 0.5) is 0 Å². The van der Waals surface area contributed by atoms with Gasteiger partial charge in [0, 0.05) is 26.2 Å². The second-order valence-corrected chi connectivity index (χ2v) is 5.41. The number of fused-ring (bicyclic) bond motifs is 1. The molecule has 2 atom stereocenters. The first-order chi connectivity index (χ1) is 10.1. The first-order valence-electron chi connectivity index (χ1n) is 7.04. The van der Waals surface area contributed by atoms with Crippen LogP contribution in [-0.4, -0.2) is 60.5 Å². The normalized spacial score (nSPS) is 25.5. The van der Waals surface area contributed by atoms with E-state index in [4.69, 9.17) is 4.74 Å². The third kappa shape index (κ3) is 2.83. The van der Waals surface area contributed by atoms with Crippen LogP contribution in [0.15, 0.2) is 36.4 Å². The summed E-state index contributed by atoms with van der Waals surface area (Å²) in [6.07, 6.45) is 3.32. The van der Waals surface area contributed by atoms with Gasteiger partial charge in [0.25, 0.3) is 0 Å². The molecule has 2 aliphatic rings. The Morgan fingerprint density at radius 1 is 1.29 bits per heavy atom. The third-order valence-electron chi connectivity index (χ3n) is 4.08. The van der Waals surface area contributed by atoms with Crippen molar-refractivity contribution >= 4 is 17.9 Å². The lowest BCUT2D eigenvalue weighted by Crippen LogP contribution is -2.51. The summed E-state index contributed by atoms with van der Waals surface area (Å²) in [6, 6.07) is 9.67. The summed E-state index contributed by atoms with van der Waals surface area (Å²) in [6.45, 7) is 1.19. The number of carbonyl (C=O) groups excluding carboxylic acids is 2. The Balaban J connectivity index is 1.65. The van der Waals surface area contributed by atoms with E-state index >= 15 is 0 Å². The van der Waals surface area contributed by atoms with E-state index in [9.17, 15) is 9.59 Å². The number of rotatable bonds is 2. The van der Waals surface area contributed by atoms with Gasteiger partial charge in [0.15, 0.2) is 0 Å². The molecule has 0 aromatic heterocycles. The molecule has 2 amide bonds. The second-order valence-electron chi connectivity index (χ2n) is 5.41. The maximum absolute atomic E-state index is 12.2. The largest absolute Gasteiger partial charge is 0.364 e. The number of benzene rings is 1. The molecular weight excluding hydrogens is 268 g/mol. The highest BCUT2D eigenvalue weighted by Crippen LogP contribution is 2.22. The molecule has 1 aromatic rings. The van der Waals surface area contributed by atoms with Crippen LogP contribution in [0.25, 0.3) is 6.08 Å². The standard InChI is InChI=1S/C16H18N2O3/c1-17-13-9-18(10-14(13)21-11-16(17)20)15(19)8-7-12-5-3-2-4-6-12/h2-8,13-14H,9-11H2,1H3/b8-7+/t13-,14-/m0/s1. The Labute approximate surface area is 123 Å². The molecule has 5 nitrogen and oxygen atoms in total. The van der Waals surface area contributed by atoms with Crippen LogP contribution in [0.2, 0.25) is 0 Å². The molecule has 21 heavy (non-hydrogen) atoms. The van der Waals surface area contributed by atoms with Crippen LogP contribution in [-0.2, 0) is 14.3 Å². The summed E-state index contributed by atoms with van der Waals surface area (Å²) < 4.78 is 5.52. The number of likely N-dealkylation sites (N-methyl/N-ethyl adjacent to an activating group) is 1. The lowest BCUT2D eigenvalue weighted by Gasteiger charge is -2.33. The van der Waals surface area contributed by atoms with Gasteiger partial charge >= 0.3 is 0 Å². The van der Waals surface area contributed by atoms with Crippen molar-refractivity contribution in [2.24, 2.45) is 0 Å². The Morgan fingerprint density at radius 3 is 2.81 bits per heavy atom. The number of amides is 2. The summed E-state index contributed by atoms with van der Waals surface area (Å²) in [7, 11) is 1.77. The van der Waals surface area contributed by atoms with E-state index < -0.39 is 0 Å². The molecule has 5 heteroatoms. The van der Waals surface area contributed by atoms with Gasteiger partial charge in [-0.2, -0.15) is 0 Å². The minimum atomic E-state index is -0.0678. The highest BCUT2D eigenvalue weighted by atomic mass is 16.5. The quantitative estimate of drug-likeness (QED) is 0.755. The molecule has 2 aliphatic heterocycles. The fraction of sp³-hybridized carbons (Fsp3) is 0.375. The number of likely N-dealkylation sites (tertiary alicyclic amines) is 1. The van der Waals surface area contributed by atoms with Crippen LogP contribution >= 0.6 is 0 Å². The van der Waals surface area contributed by atoms with Crippen molar-refractivity contribution in [3.8, 4) is 0 Å². The average molecular weight is 286 g/mol. The Kier molecular flexibility index (Phi) is 3.75. The zero-order chi connectivity index (χ0) is 14.8. The first-order valence-corrected chi connectivity index (χ1v) is 7.04. The molecule has 3 rings (SSSR count). The number of morpholine rings is 1. The van der Waals surface area contributed by atoms with Gasteiger partial charge in [-0.3, -0.25) is 9.59 Å². The topological polar surface area (TPSA) is 49.9 Å². The number of hydrogen-bond donors (Lipinski definition) is 0. The van der Waals surface area contributed by atoms with E-state index in [0.29, 0.717) is 13.1 Å². The molecule has 2 fully saturated rings. The fourth-order valence-corrected chi connectivity index (χ4v) is 2.77. The molecule has 0 saturated carbocycles. The molecule has 1 aromatic carbocycles. The van der Waals surface area contributed by atoms with Crippen LogP contribution in [0.5, 0.6) is 0 Å². The van der Waals surface area contributed by atoms with Crippen LogP contribution < -0.4 is 0 Å². The van der Waals surface area contributed by atoms with Crippen molar-refractivity contribution in [2.75, 3.05) is 26.7 Å². The van der Waals surface area contributed by atoms with Gasteiger partial charge in [-0.15, -0.1) is 0 Å². The lowest BCUT2D eigenvalue weighted by atomic mass is 10.1. The highest BCUT2D eigenvalue weighted by Gasteiger charge is 2.42. The van der Waals surface area contributed by atoms with Crippen molar-refractivity contribution in [1.29, 1.82) is 0 Å². The predicted octanol–water partition coefficient (Wildman–Crippen LogP) is 0.768. The SMILES string of the molecule is CN1C(=O)CO[C@H]2CN(C(=O)/C=C/c3ccccc3)C[C@@H]21. The van der Waals surface area contributed by atoms with E-state index in [0.717, 1.165) is 5.56 Å². The zero-order valence-electron chi connectivity index (χ0n) is 11.9. The van der Waals surface area contributed by atoms with E-state index in [2.05, 4.69) is 0 Å². The summed E-state index contributed by atoms with van der Waals surface area (Å²) >= 11 is 0. The number of nitrogens with zero attached hydrogens (tertiary/aromatic N) is 2. The lowest BCUT2D eigenvalue weighted by molar-refractivity contribution is -0.150. The van der Waals surface area contributed by atoms with Gasteiger partial charge in [0.1, 0.15) is 6.61 Å². The van der Waals surface area contributed by atoms with Gasteiger partial charge < -0.3 is 14.5 Å². The number of carbonyl (C=O) groups is 2. The minimum Gasteiger partial charge on any atom is -0.364 e. The van der Waals surface area contributed by atoms with Gasteiger partial charge in [0.05, 0.1) is 12.1 Å². The molecule has 0 N–H and O–H groups in total. The molecule has 0 spiro atoms. The second kappa shape index (κ2) is 5.69. The van der Waals surface area contributed by atoms with Crippen LogP contribution in [0.3, 0.4) is 0 Å². The maximum atomic E-state index is 12.2. The predicted molar refractivity (Wildman–Crippen MR) is 78.4 cm³/mol. The van der Waals surface area contributed by atoms with E-state index in [1.807, 2.05) is 30.3 Å². The zero-order valence-corrected chi connectivity index (χ0v) is 11.9. The van der Waals surface area contributed by atoms with Gasteiger partial charge in [0.2, 0.25) is 11.8 Å². The average Bonchev–Trinajstić information content (AvgIpc) is 2.95. The van der Waals surface area contributed by atoms with Crippen molar-refractivity contribution < 1.29 is 14.3 Å². The molecule has 0 unspecified atom stereocenters. The monoisotopic (exact) mass is 286 g/mol. The Bertz CT molecular complexity index is 570. The van der Waals surface area contributed by atoms with Gasteiger partial charge in [-0.05, 0) is 11.6 Å². The summed E-state index contributed by atoms with van der Waals surface area (Å²) in [5, 5.41) is 0. The molecular formula is C16H18N2O3. The molecule has 0 bridgehead atoms.